The van der Waals surface area contributed by atoms with Crippen molar-refractivity contribution in [3.05, 3.63) is 35.9 Å². The smallest absolute Gasteiger partial charge is 0.311 e. The van der Waals surface area contributed by atoms with Crippen molar-refractivity contribution in [2.45, 2.75) is 148 Å². The molecule has 0 radical (unpaired) electrons. The second kappa shape index (κ2) is 18.7. The van der Waals surface area contributed by atoms with Crippen LogP contribution in [0.5, 0.6) is 0 Å². The predicted octanol–water partition coefficient (Wildman–Crippen LogP) is 3.95. The first kappa shape index (κ1) is 43.2. The number of oxime groups is 1. The van der Waals surface area contributed by atoms with Crippen LogP contribution < -0.4 is 0 Å². The normalized spacial score (nSPS) is 41.3. The quantitative estimate of drug-likeness (QED) is 0.157. The highest BCUT2D eigenvalue weighted by atomic mass is 16.7. The number of carbonyl (C=O) groups is 1. The number of aliphatic hydroxyl groups is 4. The molecule has 3 rings (SSSR count). The molecular formula is C39H66N2O10. The van der Waals surface area contributed by atoms with Crippen LogP contribution in [0.2, 0.25) is 0 Å². The van der Waals surface area contributed by atoms with Crippen LogP contribution >= 0.6 is 0 Å². The maximum Gasteiger partial charge on any atom is 0.311 e. The minimum absolute atomic E-state index is 0.217. The maximum absolute atomic E-state index is 13.6. The van der Waals surface area contributed by atoms with E-state index in [0.29, 0.717) is 25.2 Å². The average molecular weight is 723 g/mol. The van der Waals surface area contributed by atoms with Crippen LogP contribution in [-0.2, 0) is 35.0 Å². The van der Waals surface area contributed by atoms with E-state index in [1.165, 1.54) is 12.5 Å². The fourth-order valence-corrected chi connectivity index (χ4v) is 7.87. The lowest BCUT2D eigenvalue weighted by Crippen LogP contribution is -2.60. The molecule has 2 heterocycles. The van der Waals surface area contributed by atoms with E-state index in [1.807, 2.05) is 58.0 Å². The SMILES string of the molecule is CC[C@H]1OC(=O)[C@H](C)[C@@H](O)[C@H](C)[C@@H](O[C@@H]2O[C@H](C)C[C@H](N(C)C)[C@H]2O)[C@](C)(OC)C[C@@H](C)/C(=N\OCCCc2ccccc2)[C@H](C)[C@@H](O)[C@]1(C)O. The Balaban J connectivity index is 2.07. The Morgan fingerprint density at radius 2 is 1.65 bits per heavy atom. The number of benzene rings is 1. The molecule has 12 heteroatoms. The van der Waals surface area contributed by atoms with Gasteiger partial charge in [-0.05, 0) is 79.5 Å². The minimum Gasteiger partial charge on any atom is -0.459 e. The van der Waals surface area contributed by atoms with Gasteiger partial charge in [-0.3, -0.25) is 4.79 Å². The molecule has 1 aromatic rings. The zero-order chi connectivity index (χ0) is 38.3. The molecule has 0 amide bonds. The summed E-state index contributed by atoms with van der Waals surface area (Å²) in [5.74, 6) is -3.61. The van der Waals surface area contributed by atoms with Crippen molar-refractivity contribution in [3.8, 4) is 0 Å². The first-order chi connectivity index (χ1) is 23.9. The number of cyclic esters (lactones) is 1. The number of hydrogen-bond acceptors (Lipinski definition) is 12. The van der Waals surface area contributed by atoms with E-state index in [0.717, 1.165) is 6.42 Å². The van der Waals surface area contributed by atoms with Gasteiger partial charge in [0.1, 0.15) is 24.4 Å². The molecule has 1 aromatic carbocycles. The topological polar surface area (TPSA) is 160 Å². The summed E-state index contributed by atoms with van der Waals surface area (Å²) in [6.45, 7) is 14.4. The molecular weight excluding hydrogens is 656 g/mol. The summed E-state index contributed by atoms with van der Waals surface area (Å²) < 4.78 is 25.0. The molecule has 2 saturated heterocycles. The summed E-state index contributed by atoms with van der Waals surface area (Å²) in [5.41, 5.74) is -1.33. The summed E-state index contributed by atoms with van der Waals surface area (Å²) in [4.78, 5) is 21.4. The van der Waals surface area contributed by atoms with E-state index in [1.54, 1.807) is 34.8 Å². The number of ether oxygens (including phenoxy) is 4. The molecule has 12 nitrogen and oxygen atoms in total. The molecule has 0 aromatic heterocycles. The predicted molar refractivity (Wildman–Crippen MR) is 195 cm³/mol. The van der Waals surface area contributed by atoms with Gasteiger partial charge in [-0.15, -0.1) is 0 Å². The van der Waals surface area contributed by atoms with Crippen molar-refractivity contribution >= 4 is 11.7 Å². The van der Waals surface area contributed by atoms with Crippen molar-refractivity contribution in [3.63, 3.8) is 0 Å². The van der Waals surface area contributed by atoms with Gasteiger partial charge >= 0.3 is 5.97 Å². The summed E-state index contributed by atoms with van der Waals surface area (Å²) in [7, 11) is 5.34. The highest BCUT2D eigenvalue weighted by Crippen LogP contribution is 2.39. The number of esters is 1. The number of aliphatic hydroxyl groups excluding tert-OH is 3. The Labute approximate surface area is 305 Å². The molecule has 0 unspecified atom stereocenters. The molecule has 14 atom stereocenters. The maximum atomic E-state index is 13.6. The van der Waals surface area contributed by atoms with Crippen LogP contribution in [0.1, 0.15) is 86.6 Å². The van der Waals surface area contributed by atoms with Gasteiger partial charge in [-0.25, -0.2) is 0 Å². The van der Waals surface area contributed by atoms with E-state index in [4.69, 9.17) is 23.8 Å². The van der Waals surface area contributed by atoms with Gasteiger partial charge in [0.25, 0.3) is 0 Å². The molecule has 2 fully saturated rings. The summed E-state index contributed by atoms with van der Waals surface area (Å²) >= 11 is 0. The lowest BCUT2D eigenvalue weighted by molar-refractivity contribution is -0.301. The van der Waals surface area contributed by atoms with Gasteiger partial charge in [0.15, 0.2) is 6.29 Å². The first-order valence-corrected chi connectivity index (χ1v) is 18.6. The van der Waals surface area contributed by atoms with Crippen molar-refractivity contribution in [1.29, 1.82) is 0 Å². The molecule has 0 spiro atoms. The van der Waals surface area contributed by atoms with Gasteiger partial charge in [0.05, 0.1) is 41.6 Å². The monoisotopic (exact) mass is 722 g/mol. The summed E-state index contributed by atoms with van der Waals surface area (Å²) in [5, 5.41) is 51.3. The lowest BCUT2D eigenvalue weighted by Gasteiger charge is -2.48. The van der Waals surface area contributed by atoms with E-state index in [-0.39, 0.29) is 25.0 Å². The van der Waals surface area contributed by atoms with Crippen molar-refractivity contribution in [2.24, 2.45) is 28.8 Å². The van der Waals surface area contributed by atoms with Gasteiger partial charge in [0.2, 0.25) is 0 Å². The van der Waals surface area contributed by atoms with Gasteiger partial charge in [-0.2, -0.15) is 0 Å². The molecule has 2 aliphatic heterocycles. The fraction of sp³-hybridized carbons (Fsp3) is 0.795. The molecule has 2 aliphatic rings. The second-order valence-electron chi connectivity index (χ2n) is 15.6. The van der Waals surface area contributed by atoms with E-state index in [2.05, 4.69) is 17.3 Å². The number of carbonyl (C=O) groups excluding carboxylic acids is 1. The van der Waals surface area contributed by atoms with Gasteiger partial charge in [-0.1, -0.05) is 63.2 Å². The second-order valence-corrected chi connectivity index (χ2v) is 15.6. The Kier molecular flexibility index (Phi) is 15.9. The summed E-state index contributed by atoms with van der Waals surface area (Å²) in [6.07, 6.45) is -4.30. The number of rotatable bonds is 10. The molecule has 0 bridgehead atoms. The molecule has 0 saturated carbocycles. The van der Waals surface area contributed by atoms with E-state index < -0.39 is 77.7 Å². The molecule has 51 heavy (non-hydrogen) atoms. The van der Waals surface area contributed by atoms with Crippen LogP contribution in [0.3, 0.4) is 0 Å². The zero-order valence-corrected chi connectivity index (χ0v) is 32.7. The lowest BCUT2D eigenvalue weighted by atomic mass is 9.73. The minimum atomic E-state index is -1.86. The number of nitrogens with zero attached hydrogens (tertiary/aromatic N) is 2. The van der Waals surface area contributed by atoms with E-state index in [9.17, 15) is 25.2 Å². The summed E-state index contributed by atoms with van der Waals surface area (Å²) in [6, 6.07) is 9.85. The van der Waals surface area contributed by atoms with Crippen LogP contribution in [0.15, 0.2) is 35.5 Å². The first-order valence-electron chi connectivity index (χ1n) is 18.6. The Morgan fingerprint density at radius 3 is 2.24 bits per heavy atom. The Morgan fingerprint density at radius 1 is 1.00 bits per heavy atom. The third-order valence-electron chi connectivity index (χ3n) is 11.3. The number of methoxy groups -OCH3 is 1. The highest BCUT2D eigenvalue weighted by molar-refractivity contribution is 5.88. The van der Waals surface area contributed by atoms with Crippen LogP contribution in [0.4, 0.5) is 0 Å². The van der Waals surface area contributed by atoms with Crippen molar-refractivity contribution < 1.29 is 49.0 Å². The Hall–Kier alpha value is -2.16. The number of hydrogen-bond donors (Lipinski definition) is 4. The molecule has 0 aliphatic carbocycles. The molecule has 292 valence electrons. The van der Waals surface area contributed by atoms with Crippen molar-refractivity contribution in [1.82, 2.24) is 4.90 Å². The van der Waals surface area contributed by atoms with Gasteiger partial charge < -0.3 is 49.1 Å². The van der Waals surface area contributed by atoms with Crippen molar-refractivity contribution in [2.75, 3.05) is 27.8 Å². The third kappa shape index (κ3) is 10.5. The number of likely N-dealkylation sites (N-methyl/N-ethyl adjacent to an activating group) is 1. The molecule has 4 N–H and O–H groups in total. The van der Waals surface area contributed by atoms with Gasteiger partial charge in [0, 0.05) is 30.9 Å². The van der Waals surface area contributed by atoms with Crippen LogP contribution in [-0.4, -0.2) is 125 Å². The van der Waals surface area contributed by atoms with Crippen LogP contribution in [0, 0.1) is 23.7 Å². The highest BCUT2D eigenvalue weighted by Gasteiger charge is 2.51. The van der Waals surface area contributed by atoms with E-state index >= 15 is 0 Å². The fourth-order valence-electron chi connectivity index (χ4n) is 7.87. The Bertz CT molecular complexity index is 1250. The zero-order valence-electron chi connectivity index (χ0n) is 32.7. The third-order valence-corrected chi connectivity index (χ3v) is 11.3. The largest absolute Gasteiger partial charge is 0.459 e. The van der Waals surface area contributed by atoms with Crippen LogP contribution in [0.25, 0.3) is 0 Å². The average Bonchev–Trinajstić information content (AvgIpc) is 3.10. The number of aryl methyl sites for hydroxylation is 1. The standard InChI is InChI=1S/C39H66N2O10/c1-12-30-39(8,46)34(44)25(4)31(40-48-20-16-19-28-17-14-13-15-18-28)23(2)22-38(7,47-11)35(26(5)32(42)27(6)36(45)50-30)51-37-33(43)29(41(9)10)21-24(3)49-37/h13-15,17-18,23-27,29-30,32-35,37,42-44,46H,12,16,19-22H2,1-11H3/b40-31+/t23-,24-,25+,26+,27-,29+,30-,32+,33-,34-,35-,37+,38-,39-/m1/s1.